The van der Waals surface area contributed by atoms with Gasteiger partial charge in [-0.15, -0.1) is 0 Å². The lowest BCUT2D eigenvalue weighted by atomic mass is 9.87. The maximum atomic E-state index is 5.66. The number of methoxy groups -OCH3 is 4. The second-order valence-electron chi connectivity index (χ2n) is 7.89. The van der Waals surface area contributed by atoms with Crippen LogP contribution in [0.15, 0.2) is 59.1 Å². The fourth-order valence-electron chi connectivity index (χ4n) is 4.61. The van der Waals surface area contributed by atoms with Gasteiger partial charge >= 0.3 is 0 Å². The first-order chi connectivity index (χ1) is 15.6. The van der Waals surface area contributed by atoms with Gasteiger partial charge in [0.15, 0.2) is 23.0 Å². The van der Waals surface area contributed by atoms with Gasteiger partial charge < -0.3 is 23.8 Å². The highest BCUT2D eigenvalue weighted by Crippen LogP contribution is 2.41. The van der Waals surface area contributed by atoms with Gasteiger partial charge in [-0.3, -0.25) is 0 Å². The Morgan fingerprint density at radius 3 is 1.97 bits per heavy atom. The second-order valence-corrected chi connectivity index (χ2v) is 8.74. The Morgan fingerprint density at radius 2 is 1.34 bits per heavy atom. The van der Waals surface area contributed by atoms with Crippen molar-refractivity contribution in [3.8, 4) is 23.0 Å². The average Bonchev–Trinajstić information content (AvgIpc) is 2.83. The molecule has 3 aromatic carbocycles. The van der Waals surface area contributed by atoms with Crippen LogP contribution in [0.5, 0.6) is 23.0 Å². The number of benzene rings is 3. The Hall–Kier alpha value is -2.70. The van der Waals surface area contributed by atoms with Crippen LogP contribution in [-0.2, 0) is 13.0 Å². The number of fused-ring (bicyclic) bond motifs is 1. The lowest BCUT2D eigenvalue weighted by Crippen LogP contribution is -3.12. The number of nitrogens with one attached hydrogen (secondary N) is 1. The van der Waals surface area contributed by atoms with E-state index < -0.39 is 0 Å². The van der Waals surface area contributed by atoms with Gasteiger partial charge in [0, 0.05) is 27.6 Å². The van der Waals surface area contributed by atoms with Crippen LogP contribution in [0.25, 0.3) is 0 Å². The summed E-state index contributed by atoms with van der Waals surface area (Å²) in [6, 6.07) is 19.1. The highest BCUT2D eigenvalue weighted by molar-refractivity contribution is 9.10. The number of halogens is 1. The summed E-state index contributed by atoms with van der Waals surface area (Å²) in [6.07, 6.45) is 0.971. The fraction of sp³-hybridized carbons (Fsp3) is 0.308. The lowest BCUT2D eigenvalue weighted by Gasteiger charge is -2.36. The first-order valence-electron chi connectivity index (χ1n) is 10.6. The topological polar surface area (TPSA) is 41.4 Å². The van der Waals surface area contributed by atoms with Crippen LogP contribution in [0.2, 0.25) is 0 Å². The van der Waals surface area contributed by atoms with E-state index in [-0.39, 0.29) is 6.04 Å². The van der Waals surface area contributed by atoms with Gasteiger partial charge in [-0.2, -0.15) is 0 Å². The molecule has 0 aromatic heterocycles. The predicted molar refractivity (Wildman–Crippen MR) is 128 cm³/mol. The van der Waals surface area contributed by atoms with E-state index in [2.05, 4.69) is 64.5 Å². The molecular formula is C26H29BrNO4+. The van der Waals surface area contributed by atoms with Gasteiger partial charge in [0.2, 0.25) is 0 Å². The van der Waals surface area contributed by atoms with Gasteiger partial charge in [-0.25, -0.2) is 0 Å². The van der Waals surface area contributed by atoms with E-state index in [0.29, 0.717) is 5.75 Å². The minimum absolute atomic E-state index is 0.0907. The standard InChI is InChI=1S/C26H28BrNO4/c1-29-22-12-18-10-11-28(16-17-8-6-5-7-9-17)26(19(18)13-23(22)30-2)20-14-24(31-3)25(32-4)15-21(20)27/h5-9,12-15,26H,10-11,16H2,1-4H3/p+1/t26-/m1/s1. The van der Waals surface area contributed by atoms with Crippen molar-refractivity contribution in [2.24, 2.45) is 0 Å². The van der Waals surface area contributed by atoms with Crippen LogP contribution in [0.1, 0.15) is 28.3 Å². The molecule has 0 radical (unpaired) electrons. The summed E-state index contributed by atoms with van der Waals surface area (Å²) in [5.41, 5.74) is 4.99. The van der Waals surface area contributed by atoms with Crippen molar-refractivity contribution in [2.45, 2.75) is 19.0 Å². The van der Waals surface area contributed by atoms with E-state index >= 15 is 0 Å². The molecule has 32 heavy (non-hydrogen) atoms. The molecule has 0 fully saturated rings. The van der Waals surface area contributed by atoms with E-state index in [4.69, 9.17) is 18.9 Å². The smallest absolute Gasteiger partial charge is 0.161 e. The van der Waals surface area contributed by atoms with Crippen molar-refractivity contribution >= 4 is 15.9 Å². The fourth-order valence-corrected chi connectivity index (χ4v) is 5.16. The zero-order valence-electron chi connectivity index (χ0n) is 18.9. The third-order valence-corrected chi connectivity index (χ3v) is 6.85. The van der Waals surface area contributed by atoms with Crippen molar-refractivity contribution in [3.05, 3.63) is 81.3 Å². The molecule has 168 valence electrons. The molecule has 1 aliphatic heterocycles. The van der Waals surface area contributed by atoms with Crippen LogP contribution >= 0.6 is 15.9 Å². The molecule has 2 atom stereocenters. The van der Waals surface area contributed by atoms with Gasteiger partial charge in [0.05, 0.1) is 35.0 Å². The van der Waals surface area contributed by atoms with E-state index in [9.17, 15) is 0 Å². The number of rotatable bonds is 7. The van der Waals surface area contributed by atoms with Gasteiger partial charge in [0.1, 0.15) is 12.6 Å². The molecule has 6 heteroatoms. The molecule has 0 bridgehead atoms. The van der Waals surface area contributed by atoms with Crippen molar-refractivity contribution in [1.29, 1.82) is 0 Å². The lowest BCUT2D eigenvalue weighted by molar-refractivity contribution is -0.941. The van der Waals surface area contributed by atoms with Crippen LogP contribution in [-0.4, -0.2) is 35.0 Å². The van der Waals surface area contributed by atoms with E-state index in [0.717, 1.165) is 46.8 Å². The Balaban J connectivity index is 1.88. The van der Waals surface area contributed by atoms with Crippen LogP contribution in [0.4, 0.5) is 0 Å². The predicted octanol–water partition coefficient (Wildman–Crippen LogP) is 4.21. The SMILES string of the molecule is COc1cc(Br)c([C@H]2c3cc(OC)c(OC)cc3CC[NH+]2Cc2ccccc2)cc1OC. The molecule has 0 aliphatic carbocycles. The third kappa shape index (κ3) is 4.30. The summed E-state index contributed by atoms with van der Waals surface area (Å²) >= 11 is 3.81. The van der Waals surface area contributed by atoms with Crippen molar-refractivity contribution in [2.75, 3.05) is 35.0 Å². The number of quaternary nitrogens is 1. The summed E-state index contributed by atoms with van der Waals surface area (Å²) < 4.78 is 23.4. The molecule has 3 aromatic rings. The molecule has 1 aliphatic rings. The molecule has 0 spiro atoms. The number of hydrogen-bond acceptors (Lipinski definition) is 4. The molecule has 1 heterocycles. The highest BCUT2D eigenvalue weighted by Gasteiger charge is 2.36. The number of hydrogen-bond donors (Lipinski definition) is 1. The quantitative estimate of drug-likeness (QED) is 0.529. The van der Waals surface area contributed by atoms with E-state index in [1.54, 1.807) is 28.4 Å². The summed E-state index contributed by atoms with van der Waals surface area (Å²) in [4.78, 5) is 1.46. The monoisotopic (exact) mass is 498 g/mol. The highest BCUT2D eigenvalue weighted by atomic mass is 79.9. The molecular weight excluding hydrogens is 470 g/mol. The maximum absolute atomic E-state index is 5.66. The van der Waals surface area contributed by atoms with Gasteiger partial charge in [0.25, 0.3) is 0 Å². The summed E-state index contributed by atoms with van der Waals surface area (Å²) in [5, 5.41) is 0. The van der Waals surface area contributed by atoms with Crippen LogP contribution in [0.3, 0.4) is 0 Å². The van der Waals surface area contributed by atoms with Crippen molar-refractivity contribution in [1.82, 2.24) is 0 Å². The minimum atomic E-state index is 0.0907. The van der Waals surface area contributed by atoms with Crippen LogP contribution < -0.4 is 23.8 Å². The molecule has 0 saturated heterocycles. The molecule has 1 N–H and O–H groups in total. The van der Waals surface area contributed by atoms with E-state index in [1.807, 2.05) is 6.07 Å². The molecule has 5 nitrogen and oxygen atoms in total. The third-order valence-electron chi connectivity index (χ3n) is 6.17. The summed E-state index contributed by atoms with van der Waals surface area (Å²) in [7, 11) is 6.70. The average molecular weight is 499 g/mol. The number of ether oxygens (including phenoxy) is 4. The first kappa shape index (κ1) is 22.5. The Bertz CT molecular complexity index is 1090. The molecule has 4 rings (SSSR count). The first-order valence-corrected chi connectivity index (χ1v) is 11.4. The van der Waals surface area contributed by atoms with Crippen molar-refractivity contribution < 1.29 is 23.8 Å². The van der Waals surface area contributed by atoms with E-state index in [1.165, 1.54) is 21.6 Å². The van der Waals surface area contributed by atoms with Crippen molar-refractivity contribution in [3.63, 3.8) is 0 Å². The normalized spacial score (nSPS) is 17.4. The largest absolute Gasteiger partial charge is 0.493 e. The Labute approximate surface area is 198 Å². The summed E-state index contributed by atoms with van der Waals surface area (Å²) in [6.45, 7) is 1.92. The maximum Gasteiger partial charge on any atom is 0.161 e. The summed E-state index contributed by atoms with van der Waals surface area (Å²) in [5.74, 6) is 2.94. The van der Waals surface area contributed by atoms with Gasteiger partial charge in [-0.05, 0) is 29.8 Å². The zero-order chi connectivity index (χ0) is 22.7. The molecule has 1 unspecified atom stereocenters. The minimum Gasteiger partial charge on any atom is -0.493 e. The zero-order valence-corrected chi connectivity index (χ0v) is 20.5. The molecule has 0 saturated carbocycles. The van der Waals surface area contributed by atoms with Crippen LogP contribution in [0, 0.1) is 0 Å². The van der Waals surface area contributed by atoms with Gasteiger partial charge in [-0.1, -0.05) is 46.3 Å². The Kier molecular flexibility index (Phi) is 6.92. The second kappa shape index (κ2) is 9.84. The molecule has 0 amide bonds. The Morgan fingerprint density at radius 1 is 0.781 bits per heavy atom.